The zero-order chi connectivity index (χ0) is 22.5. The summed E-state index contributed by atoms with van der Waals surface area (Å²) in [5.74, 6) is -0.673. The number of H-pyrrole nitrogens is 2. The van der Waals surface area contributed by atoms with Crippen molar-refractivity contribution in [2.75, 3.05) is 5.73 Å². The number of nitrogens with two attached hydrogens (primary N) is 1. The molecule has 0 aliphatic heterocycles. The topological polar surface area (TPSA) is 129 Å². The van der Waals surface area contributed by atoms with Gasteiger partial charge < -0.3 is 15.8 Å². The van der Waals surface area contributed by atoms with Gasteiger partial charge in [-0.25, -0.2) is 9.37 Å². The van der Waals surface area contributed by atoms with Gasteiger partial charge in [-0.05, 0) is 42.0 Å². The standard InChI is InChI=1S/C24H16FN7O/c25-14-3-12(5-16(33)6-14)18-10-28-11-22-17(18)7-21(29-22)24-23-20(31-32-24)2-1-19(30-23)13-4-15(26)9-27-8-13/h1-11,29,33H,26H2,(H,31,32). The Bertz CT molecular complexity index is 1650. The zero-order valence-electron chi connectivity index (χ0n) is 17.0. The summed E-state index contributed by atoms with van der Waals surface area (Å²) < 4.78 is 13.9. The van der Waals surface area contributed by atoms with E-state index in [0.717, 1.165) is 39.4 Å². The summed E-state index contributed by atoms with van der Waals surface area (Å²) in [4.78, 5) is 16.5. The molecule has 0 saturated carbocycles. The van der Waals surface area contributed by atoms with Crippen molar-refractivity contribution in [1.82, 2.24) is 30.1 Å². The van der Waals surface area contributed by atoms with Gasteiger partial charge in [-0.1, -0.05) is 0 Å². The van der Waals surface area contributed by atoms with Gasteiger partial charge in [-0.2, -0.15) is 5.10 Å². The van der Waals surface area contributed by atoms with Crippen LogP contribution in [0.1, 0.15) is 0 Å². The number of fused-ring (bicyclic) bond motifs is 2. The molecule has 0 unspecified atom stereocenters. The fourth-order valence-corrected chi connectivity index (χ4v) is 3.98. The van der Waals surface area contributed by atoms with Gasteiger partial charge in [0.2, 0.25) is 0 Å². The van der Waals surface area contributed by atoms with Crippen molar-refractivity contribution in [3.63, 3.8) is 0 Å². The summed E-state index contributed by atoms with van der Waals surface area (Å²) in [6, 6.07) is 11.4. The molecule has 0 atom stereocenters. The molecule has 0 aliphatic carbocycles. The molecule has 8 nitrogen and oxygen atoms in total. The number of nitrogens with zero attached hydrogens (tertiary/aromatic N) is 4. The van der Waals surface area contributed by atoms with Crippen molar-refractivity contribution in [3.8, 4) is 39.5 Å². The molecule has 5 aromatic heterocycles. The van der Waals surface area contributed by atoms with Crippen LogP contribution in [0.3, 0.4) is 0 Å². The van der Waals surface area contributed by atoms with E-state index >= 15 is 0 Å². The number of aromatic amines is 2. The fraction of sp³-hybridized carbons (Fsp3) is 0. The Morgan fingerprint density at radius 3 is 2.61 bits per heavy atom. The number of aromatic nitrogens is 6. The highest BCUT2D eigenvalue weighted by Crippen LogP contribution is 2.35. The van der Waals surface area contributed by atoms with Gasteiger partial charge in [0, 0.05) is 41.2 Å². The number of anilines is 1. The Balaban J connectivity index is 1.51. The van der Waals surface area contributed by atoms with Crippen molar-refractivity contribution < 1.29 is 9.50 Å². The van der Waals surface area contributed by atoms with Crippen LogP contribution in [0.5, 0.6) is 5.75 Å². The van der Waals surface area contributed by atoms with Crippen LogP contribution in [0.25, 0.3) is 55.7 Å². The summed E-state index contributed by atoms with van der Waals surface area (Å²) in [6.07, 6.45) is 6.62. The van der Waals surface area contributed by atoms with Crippen LogP contribution in [0.4, 0.5) is 10.1 Å². The smallest absolute Gasteiger partial charge is 0.135 e. The van der Waals surface area contributed by atoms with Gasteiger partial charge in [0.15, 0.2) is 0 Å². The number of pyridine rings is 3. The zero-order valence-corrected chi connectivity index (χ0v) is 17.0. The number of hydrogen-bond donors (Lipinski definition) is 4. The van der Waals surface area contributed by atoms with Gasteiger partial charge in [0.1, 0.15) is 22.8 Å². The lowest BCUT2D eigenvalue weighted by molar-refractivity contribution is 0.469. The maximum Gasteiger partial charge on any atom is 0.135 e. The van der Waals surface area contributed by atoms with E-state index < -0.39 is 5.82 Å². The molecule has 160 valence electrons. The molecule has 0 amide bonds. The molecule has 9 heteroatoms. The Morgan fingerprint density at radius 1 is 0.879 bits per heavy atom. The Hall–Kier alpha value is -4.79. The lowest BCUT2D eigenvalue weighted by Crippen LogP contribution is -1.90. The molecule has 5 N–H and O–H groups in total. The first-order valence-corrected chi connectivity index (χ1v) is 10.1. The normalized spacial score (nSPS) is 11.4. The second kappa shape index (κ2) is 7.13. The van der Waals surface area contributed by atoms with Gasteiger partial charge in [0.25, 0.3) is 0 Å². The highest BCUT2D eigenvalue weighted by Gasteiger charge is 2.16. The van der Waals surface area contributed by atoms with Crippen molar-refractivity contribution in [1.29, 1.82) is 0 Å². The molecule has 0 radical (unpaired) electrons. The number of aromatic hydroxyl groups is 1. The Labute approximate surface area is 186 Å². The summed E-state index contributed by atoms with van der Waals surface area (Å²) in [5, 5.41) is 18.1. The minimum Gasteiger partial charge on any atom is -0.508 e. The minimum atomic E-state index is -0.524. The van der Waals surface area contributed by atoms with Crippen molar-refractivity contribution in [2.24, 2.45) is 0 Å². The van der Waals surface area contributed by atoms with Gasteiger partial charge in [0.05, 0.1) is 34.3 Å². The van der Waals surface area contributed by atoms with E-state index in [4.69, 9.17) is 10.7 Å². The van der Waals surface area contributed by atoms with E-state index in [0.29, 0.717) is 28.0 Å². The number of nitrogen functional groups attached to an aromatic ring is 1. The third-order valence-electron chi connectivity index (χ3n) is 5.46. The summed E-state index contributed by atoms with van der Waals surface area (Å²) in [6.45, 7) is 0. The number of nitrogens with one attached hydrogen (secondary N) is 2. The molecule has 0 saturated heterocycles. The van der Waals surface area contributed by atoms with E-state index in [1.807, 2.05) is 24.3 Å². The highest BCUT2D eigenvalue weighted by molar-refractivity contribution is 6.00. The van der Waals surface area contributed by atoms with Crippen LogP contribution in [0, 0.1) is 5.82 Å². The number of phenolic OH excluding ortho intramolecular Hbond substituents is 1. The third-order valence-corrected chi connectivity index (χ3v) is 5.46. The molecular formula is C24H16FN7O. The molecule has 0 bridgehead atoms. The first-order valence-electron chi connectivity index (χ1n) is 10.1. The van der Waals surface area contributed by atoms with E-state index in [1.54, 1.807) is 24.8 Å². The summed E-state index contributed by atoms with van der Waals surface area (Å²) in [5.41, 5.74) is 12.7. The maximum atomic E-state index is 13.9. The molecule has 0 fully saturated rings. The second-order valence-corrected chi connectivity index (χ2v) is 7.70. The molecule has 0 aliphatic rings. The summed E-state index contributed by atoms with van der Waals surface area (Å²) in [7, 11) is 0. The van der Waals surface area contributed by atoms with E-state index in [-0.39, 0.29) is 5.75 Å². The number of benzene rings is 1. The number of rotatable bonds is 3. The molecule has 5 heterocycles. The first-order chi connectivity index (χ1) is 16.0. The molecule has 0 spiro atoms. The molecule has 33 heavy (non-hydrogen) atoms. The number of halogens is 1. The predicted octanol–water partition coefficient (Wildman–Crippen LogP) is 4.66. The average Bonchev–Trinajstić information content (AvgIpc) is 3.41. The SMILES string of the molecule is Nc1cncc(-c2ccc3[nH]nc(-c4cc5c(-c6cc(O)cc(F)c6)cncc5[nH]4)c3n2)c1. The third kappa shape index (κ3) is 3.23. The van der Waals surface area contributed by atoms with Crippen molar-refractivity contribution in [2.45, 2.75) is 0 Å². The number of hydrogen-bond acceptors (Lipinski definition) is 6. The molecular weight excluding hydrogens is 421 g/mol. The highest BCUT2D eigenvalue weighted by atomic mass is 19.1. The average molecular weight is 437 g/mol. The van der Waals surface area contributed by atoms with Crippen LogP contribution in [-0.2, 0) is 0 Å². The van der Waals surface area contributed by atoms with Gasteiger partial charge >= 0.3 is 0 Å². The Kier molecular flexibility index (Phi) is 4.09. The first kappa shape index (κ1) is 18.9. The lowest BCUT2D eigenvalue weighted by Gasteiger charge is -2.04. The van der Waals surface area contributed by atoms with E-state index in [1.165, 1.54) is 12.1 Å². The quantitative estimate of drug-likeness (QED) is 0.319. The van der Waals surface area contributed by atoms with Crippen molar-refractivity contribution in [3.05, 3.63) is 73.1 Å². The predicted molar refractivity (Wildman–Crippen MR) is 124 cm³/mol. The Morgan fingerprint density at radius 2 is 1.76 bits per heavy atom. The van der Waals surface area contributed by atoms with Crippen LogP contribution in [0.15, 0.2) is 67.3 Å². The van der Waals surface area contributed by atoms with Gasteiger partial charge in [-0.15, -0.1) is 0 Å². The van der Waals surface area contributed by atoms with E-state index in [9.17, 15) is 9.50 Å². The minimum absolute atomic E-state index is 0.149. The van der Waals surface area contributed by atoms with Crippen LogP contribution < -0.4 is 5.73 Å². The van der Waals surface area contributed by atoms with Gasteiger partial charge in [-0.3, -0.25) is 15.1 Å². The van der Waals surface area contributed by atoms with Crippen molar-refractivity contribution >= 4 is 27.6 Å². The van der Waals surface area contributed by atoms with Crippen LogP contribution in [-0.4, -0.2) is 35.2 Å². The fourth-order valence-electron chi connectivity index (χ4n) is 3.98. The molecule has 6 aromatic rings. The lowest BCUT2D eigenvalue weighted by atomic mass is 10.0. The monoisotopic (exact) mass is 437 g/mol. The molecule has 1 aromatic carbocycles. The maximum absolute atomic E-state index is 13.9. The van der Waals surface area contributed by atoms with E-state index in [2.05, 4.69) is 25.1 Å². The largest absolute Gasteiger partial charge is 0.508 e. The van der Waals surface area contributed by atoms with Crippen LogP contribution >= 0.6 is 0 Å². The second-order valence-electron chi connectivity index (χ2n) is 7.70. The number of phenols is 1. The van der Waals surface area contributed by atoms with Crippen LogP contribution in [0.2, 0.25) is 0 Å². The molecule has 6 rings (SSSR count). The summed E-state index contributed by atoms with van der Waals surface area (Å²) >= 11 is 0.